The molecule has 0 atom stereocenters. The zero-order chi connectivity index (χ0) is 19.9. The fourth-order valence-electron chi connectivity index (χ4n) is 2.73. The smallest absolute Gasteiger partial charge is 0.379 e. The molecule has 0 spiro atoms. The third kappa shape index (κ3) is 7.99. The van der Waals surface area contributed by atoms with E-state index in [-0.39, 0.29) is 29.5 Å². The van der Waals surface area contributed by atoms with Crippen LogP contribution >= 0.6 is 35.3 Å². The maximum Gasteiger partial charge on any atom is 0.434 e. The van der Waals surface area contributed by atoms with Gasteiger partial charge >= 0.3 is 6.18 Å². The normalized spacial score (nSPS) is 16.6. The van der Waals surface area contributed by atoms with E-state index in [1.807, 2.05) is 6.92 Å². The maximum atomic E-state index is 12.6. The highest BCUT2D eigenvalue weighted by atomic mass is 127. The first-order valence-corrected chi connectivity index (χ1v) is 9.97. The molecular weight excluding hydrogens is 506 g/mol. The number of aliphatic imine (C=N–C) groups is 1. The summed E-state index contributed by atoms with van der Waals surface area (Å²) in [6.45, 7) is 11.3. The van der Waals surface area contributed by atoms with Gasteiger partial charge in [0.05, 0.1) is 24.8 Å². The monoisotopic (exact) mass is 535 g/mol. The van der Waals surface area contributed by atoms with Crippen LogP contribution in [-0.2, 0) is 17.3 Å². The van der Waals surface area contributed by atoms with E-state index in [0.717, 1.165) is 43.0 Å². The summed E-state index contributed by atoms with van der Waals surface area (Å²) in [5, 5.41) is 7.86. The Morgan fingerprint density at radius 2 is 1.96 bits per heavy atom. The lowest BCUT2D eigenvalue weighted by Crippen LogP contribution is -2.52. The van der Waals surface area contributed by atoms with E-state index in [1.165, 1.54) is 0 Å². The van der Waals surface area contributed by atoms with Crippen molar-refractivity contribution in [2.75, 3.05) is 45.9 Å². The number of halogens is 4. The summed E-state index contributed by atoms with van der Waals surface area (Å²) in [5.74, 6) is 0.659. The number of guanidine groups is 1. The number of thiazole rings is 1. The molecule has 1 aliphatic rings. The van der Waals surface area contributed by atoms with Crippen LogP contribution in [0.2, 0.25) is 0 Å². The van der Waals surface area contributed by atoms with Crippen molar-refractivity contribution in [3.05, 3.63) is 16.1 Å². The molecule has 0 radical (unpaired) electrons. The molecule has 0 saturated carbocycles. The molecule has 0 amide bonds. The van der Waals surface area contributed by atoms with Gasteiger partial charge in [0.2, 0.25) is 0 Å². The lowest BCUT2D eigenvalue weighted by atomic mass is 10.0. The second kappa shape index (κ2) is 11.5. The zero-order valence-electron chi connectivity index (χ0n) is 16.4. The fourth-order valence-corrected chi connectivity index (χ4v) is 3.53. The van der Waals surface area contributed by atoms with Crippen molar-refractivity contribution in [1.29, 1.82) is 0 Å². The molecule has 0 unspecified atom stereocenters. The number of hydrogen-bond donors (Lipinski definition) is 2. The molecule has 1 aliphatic heterocycles. The van der Waals surface area contributed by atoms with Gasteiger partial charge in [-0.15, -0.1) is 35.3 Å². The van der Waals surface area contributed by atoms with Crippen LogP contribution in [0.3, 0.4) is 0 Å². The van der Waals surface area contributed by atoms with E-state index in [1.54, 1.807) is 0 Å². The van der Waals surface area contributed by atoms with Crippen LogP contribution < -0.4 is 10.6 Å². The standard InChI is InChI=1S/C17H28F3N5OS.HI/c1-4-21-15(23-12-16(2,3)25-7-9-26-10-8-25)22-6-5-14-24-13(11-27-14)17(18,19)20;/h11H,4-10,12H2,1-3H3,(H2,21,22,23);1H. The molecule has 1 saturated heterocycles. The van der Waals surface area contributed by atoms with Crippen molar-refractivity contribution in [3.8, 4) is 0 Å². The van der Waals surface area contributed by atoms with Crippen LogP contribution in [0, 0.1) is 0 Å². The summed E-state index contributed by atoms with van der Waals surface area (Å²) in [5.41, 5.74) is -0.918. The first-order valence-electron chi connectivity index (χ1n) is 9.09. The highest BCUT2D eigenvalue weighted by molar-refractivity contribution is 14.0. The van der Waals surface area contributed by atoms with Crippen LogP contribution in [0.5, 0.6) is 0 Å². The molecule has 0 bridgehead atoms. The van der Waals surface area contributed by atoms with E-state index in [9.17, 15) is 13.2 Å². The number of alkyl halides is 3. The van der Waals surface area contributed by atoms with Crippen molar-refractivity contribution >= 4 is 41.3 Å². The number of nitrogens with zero attached hydrogens (tertiary/aromatic N) is 3. The minimum Gasteiger partial charge on any atom is -0.379 e. The van der Waals surface area contributed by atoms with Crippen molar-refractivity contribution in [1.82, 2.24) is 20.5 Å². The second-order valence-electron chi connectivity index (χ2n) is 6.91. The zero-order valence-corrected chi connectivity index (χ0v) is 19.6. The van der Waals surface area contributed by atoms with E-state index >= 15 is 0 Å². The molecule has 1 fully saturated rings. The average Bonchev–Trinajstić information content (AvgIpc) is 3.10. The molecule has 6 nitrogen and oxygen atoms in total. The van der Waals surface area contributed by atoms with Crippen molar-refractivity contribution in [2.45, 2.75) is 38.9 Å². The van der Waals surface area contributed by atoms with Gasteiger partial charge in [0, 0.05) is 43.5 Å². The maximum absolute atomic E-state index is 12.6. The Bertz CT molecular complexity index is 618. The van der Waals surface area contributed by atoms with Gasteiger partial charge in [-0.25, -0.2) is 4.98 Å². The van der Waals surface area contributed by atoms with Gasteiger partial charge in [-0.3, -0.25) is 9.89 Å². The Hall–Kier alpha value is -0.660. The fraction of sp³-hybridized carbons (Fsp3) is 0.765. The molecule has 28 heavy (non-hydrogen) atoms. The van der Waals surface area contributed by atoms with Crippen LogP contribution in [0.25, 0.3) is 0 Å². The number of nitrogens with one attached hydrogen (secondary N) is 2. The quantitative estimate of drug-likeness (QED) is 0.320. The lowest BCUT2D eigenvalue weighted by Gasteiger charge is -2.39. The highest BCUT2D eigenvalue weighted by Gasteiger charge is 2.33. The van der Waals surface area contributed by atoms with Gasteiger partial charge in [-0.2, -0.15) is 13.2 Å². The molecule has 162 valence electrons. The minimum atomic E-state index is -4.39. The van der Waals surface area contributed by atoms with Crippen LogP contribution in [0.15, 0.2) is 10.4 Å². The predicted molar refractivity (Wildman–Crippen MR) is 117 cm³/mol. The van der Waals surface area contributed by atoms with Gasteiger partial charge in [0.25, 0.3) is 0 Å². The Morgan fingerprint density at radius 1 is 1.29 bits per heavy atom. The number of hydrogen-bond acceptors (Lipinski definition) is 5. The van der Waals surface area contributed by atoms with Gasteiger partial charge in [-0.1, -0.05) is 0 Å². The first-order chi connectivity index (χ1) is 12.7. The summed E-state index contributed by atoms with van der Waals surface area (Å²) in [7, 11) is 0. The summed E-state index contributed by atoms with van der Waals surface area (Å²) >= 11 is 1.03. The van der Waals surface area contributed by atoms with Crippen molar-refractivity contribution in [3.63, 3.8) is 0 Å². The molecule has 0 aromatic carbocycles. The molecule has 11 heteroatoms. The first kappa shape index (κ1) is 25.4. The van der Waals surface area contributed by atoms with Crippen LogP contribution in [0.4, 0.5) is 13.2 Å². The van der Waals surface area contributed by atoms with Crippen LogP contribution in [-0.4, -0.2) is 67.3 Å². The highest BCUT2D eigenvalue weighted by Crippen LogP contribution is 2.30. The van der Waals surface area contributed by atoms with E-state index < -0.39 is 11.9 Å². The Kier molecular flexibility index (Phi) is 10.4. The molecule has 2 heterocycles. The Balaban J connectivity index is 0.00000392. The van der Waals surface area contributed by atoms with Gasteiger partial charge in [0.15, 0.2) is 11.7 Å². The third-order valence-corrected chi connectivity index (χ3v) is 5.22. The summed E-state index contributed by atoms with van der Waals surface area (Å²) in [6.07, 6.45) is -3.97. The molecule has 2 N–H and O–H groups in total. The summed E-state index contributed by atoms with van der Waals surface area (Å²) < 4.78 is 43.2. The third-order valence-electron chi connectivity index (χ3n) is 4.31. The topological polar surface area (TPSA) is 61.8 Å². The predicted octanol–water partition coefficient (Wildman–Crippen LogP) is 2.99. The van der Waals surface area contributed by atoms with E-state index in [0.29, 0.717) is 37.0 Å². The largest absolute Gasteiger partial charge is 0.434 e. The number of ether oxygens (including phenoxy) is 1. The van der Waals surface area contributed by atoms with E-state index in [4.69, 9.17) is 4.74 Å². The molecular formula is C17H29F3IN5OS. The van der Waals surface area contributed by atoms with Crippen molar-refractivity contribution < 1.29 is 17.9 Å². The summed E-state index contributed by atoms with van der Waals surface area (Å²) in [4.78, 5) is 10.7. The van der Waals surface area contributed by atoms with Gasteiger partial charge in [-0.05, 0) is 20.8 Å². The lowest BCUT2D eigenvalue weighted by molar-refractivity contribution is -0.140. The molecule has 1 aromatic heterocycles. The van der Waals surface area contributed by atoms with Crippen molar-refractivity contribution in [2.24, 2.45) is 4.99 Å². The molecule has 2 rings (SSSR count). The van der Waals surface area contributed by atoms with Crippen LogP contribution in [0.1, 0.15) is 31.5 Å². The minimum absolute atomic E-state index is 0. The number of aromatic nitrogens is 1. The number of rotatable bonds is 7. The Morgan fingerprint density at radius 3 is 2.54 bits per heavy atom. The van der Waals surface area contributed by atoms with Gasteiger partial charge in [0.1, 0.15) is 0 Å². The number of morpholine rings is 1. The van der Waals surface area contributed by atoms with Gasteiger partial charge < -0.3 is 15.4 Å². The molecule has 0 aliphatic carbocycles. The van der Waals surface area contributed by atoms with E-state index in [2.05, 4.69) is 39.4 Å². The Labute approximate surface area is 185 Å². The molecule has 1 aromatic rings. The second-order valence-corrected chi connectivity index (χ2v) is 7.85. The SMILES string of the molecule is CCNC(=NCC(C)(C)N1CCOCC1)NCCc1nc(C(F)(F)F)cs1.I. The average molecular weight is 535 g/mol. The summed E-state index contributed by atoms with van der Waals surface area (Å²) in [6, 6.07) is 0.